The monoisotopic (exact) mass is 378 g/mol. The van der Waals surface area contributed by atoms with Crippen LogP contribution in [0, 0.1) is 11.3 Å². The second-order valence-corrected chi connectivity index (χ2v) is 8.65. The van der Waals surface area contributed by atoms with E-state index in [1.165, 1.54) is 31.0 Å². The van der Waals surface area contributed by atoms with Gasteiger partial charge in [-0.1, -0.05) is 41.0 Å². The maximum Gasteiger partial charge on any atom is 0.158 e. The highest BCUT2D eigenvalue weighted by molar-refractivity contribution is 7.99. The van der Waals surface area contributed by atoms with Gasteiger partial charge in [0.1, 0.15) is 10.8 Å². The van der Waals surface area contributed by atoms with Crippen LogP contribution in [0.5, 0.6) is 0 Å². The lowest BCUT2D eigenvalue weighted by Gasteiger charge is -2.24. The number of nitrogens with zero attached hydrogens (tertiary/aromatic N) is 3. The number of rotatable bonds is 3. The minimum absolute atomic E-state index is 0.447. The van der Waals surface area contributed by atoms with Crippen LogP contribution in [0.4, 0.5) is 11.6 Å². The topological polar surface area (TPSA) is 55.0 Å². The molecule has 2 N–H and O–H groups in total. The van der Waals surface area contributed by atoms with Gasteiger partial charge in [-0.05, 0) is 42.7 Å². The first-order valence-electron chi connectivity index (χ1n) is 8.11. The Morgan fingerprint density at radius 3 is 2.83 bits per heavy atom. The standard InChI is InChI=1S/C17H16Cl2N4S/c18-10-2-1-3-11(13(10)19)24-16-15(20)22-12(8-21-16)23-7-6-17-5-4-9(17)14(17)23/h1-3,8-9,14H,4-7H2,(H2,20,22)/t9?,14?,17-/m1/s1. The summed E-state index contributed by atoms with van der Waals surface area (Å²) in [5.74, 6) is 2.24. The summed E-state index contributed by atoms with van der Waals surface area (Å²) in [5, 5.41) is 1.71. The number of hydrogen-bond donors (Lipinski definition) is 1. The fourth-order valence-corrected chi connectivity index (χ4v) is 5.80. The molecule has 24 heavy (non-hydrogen) atoms. The number of halogens is 2. The van der Waals surface area contributed by atoms with E-state index in [0.29, 0.717) is 32.3 Å². The molecule has 1 aromatic carbocycles. The molecular weight excluding hydrogens is 363 g/mol. The Morgan fingerprint density at radius 1 is 1.29 bits per heavy atom. The number of piperidine rings is 1. The summed E-state index contributed by atoms with van der Waals surface area (Å²) >= 11 is 13.7. The summed E-state index contributed by atoms with van der Waals surface area (Å²) in [6.45, 7) is 1.07. The third-order valence-electron chi connectivity index (χ3n) is 5.84. The van der Waals surface area contributed by atoms with Gasteiger partial charge in [-0.2, -0.15) is 0 Å². The van der Waals surface area contributed by atoms with Gasteiger partial charge < -0.3 is 10.6 Å². The SMILES string of the molecule is Nc1nc(N2CC[C@]34CCC3C24)cnc1Sc1cccc(Cl)c1Cl. The predicted molar refractivity (Wildman–Crippen MR) is 97.9 cm³/mol. The van der Waals surface area contributed by atoms with E-state index in [1.54, 1.807) is 6.07 Å². The third-order valence-corrected chi connectivity index (χ3v) is 7.84. The Bertz CT molecular complexity index is 845. The van der Waals surface area contributed by atoms with Crippen LogP contribution in [0.2, 0.25) is 10.0 Å². The molecule has 3 fully saturated rings. The van der Waals surface area contributed by atoms with Crippen LogP contribution in [0.1, 0.15) is 19.3 Å². The lowest BCUT2D eigenvalue weighted by atomic mass is 9.83. The fraction of sp³-hybridized carbons (Fsp3) is 0.412. The summed E-state index contributed by atoms with van der Waals surface area (Å²) in [5.41, 5.74) is 6.78. The van der Waals surface area contributed by atoms with Crippen LogP contribution in [-0.2, 0) is 0 Å². The molecule has 0 radical (unpaired) electrons. The van der Waals surface area contributed by atoms with Crippen molar-refractivity contribution in [2.75, 3.05) is 17.2 Å². The average molecular weight is 379 g/mol. The smallest absolute Gasteiger partial charge is 0.158 e. The fourth-order valence-electron chi connectivity index (χ4n) is 4.52. The summed E-state index contributed by atoms with van der Waals surface area (Å²) in [6.07, 6.45) is 5.88. The van der Waals surface area contributed by atoms with Crippen molar-refractivity contribution < 1.29 is 0 Å². The van der Waals surface area contributed by atoms with Crippen molar-refractivity contribution >= 4 is 46.6 Å². The molecule has 2 aromatic rings. The molecule has 3 atom stereocenters. The summed E-state index contributed by atoms with van der Waals surface area (Å²) < 4.78 is 0. The Balaban J connectivity index is 1.40. The molecule has 1 aromatic heterocycles. The first-order chi connectivity index (χ1) is 11.6. The van der Waals surface area contributed by atoms with E-state index in [9.17, 15) is 0 Å². The Labute approximate surface area is 154 Å². The van der Waals surface area contributed by atoms with Crippen LogP contribution in [0.15, 0.2) is 34.3 Å². The number of nitrogen functional groups attached to an aromatic ring is 1. The van der Waals surface area contributed by atoms with Crippen molar-refractivity contribution in [3.63, 3.8) is 0 Å². The van der Waals surface area contributed by atoms with Crippen LogP contribution in [0.3, 0.4) is 0 Å². The van der Waals surface area contributed by atoms with Crippen molar-refractivity contribution in [2.24, 2.45) is 11.3 Å². The number of anilines is 2. The summed E-state index contributed by atoms with van der Waals surface area (Å²) in [6, 6.07) is 6.20. The number of aromatic nitrogens is 2. The van der Waals surface area contributed by atoms with Gasteiger partial charge in [0.05, 0.1) is 16.2 Å². The second kappa shape index (κ2) is 5.16. The van der Waals surface area contributed by atoms with Gasteiger partial charge in [0.25, 0.3) is 0 Å². The van der Waals surface area contributed by atoms with Gasteiger partial charge in [-0.3, -0.25) is 0 Å². The number of fused-ring (bicyclic) bond motifs is 1. The third kappa shape index (κ3) is 2.01. The first-order valence-corrected chi connectivity index (χ1v) is 9.68. The van der Waals surface area contributed by atoms with Gasteiger partial charge in [0, 0.05) is 17.5 Å². The summed E-state index contributed by atoms with van der Waals surface area (Å²) in [4.78, 5) is 12.4. The van der Waals surface area contributed by atoms with Gasteiger partial charge in [-0.25, -0.2) is 9.97 Å². The molecule has 1 aliphatic heterocycles. The molecular formula is C17H16Cl2N4S. The van der Waals surface area contributed by atoms with Crippen LogP contribution in [0.25, 0.3) is 0 Å². The molecule has 7 heteroatoms. The molecule has 2 aliphatic carbocycles. The zero-order valence-corrected chi connectivity index (χ0v) is 15.2. The molecule has 5 rings (SSSR count). The highest BCUT2D eigenvalue weighted by Crippen LogP contribution is 2.74. The maximum absolute atomic E-state index is 6.24. The van der Waals surface area contributed by atoms with E-state index >= 15 is 0 Å². The highest BCUT2D eigenvalue weighted by atomic mass is 35.5. The van der Waals surface area contributed by atoms with E-state index in [-0.39, 0.29) is 0 Å². The molecule has 4 nitrogen and oxygen atoms in total. The van der Waals surface area contributed by atoms with Crippen molar-refractivity contribution in [3.8, 4) is 0 Å². The first kappa shape index (κ1) is 15.1. The van der Waals surface area contributed by atoms with Crippen molar-refractivity contribution in [3.05, 3.63) is 34.4 Å². The lowest BCUT2D eigenvalue weighted by Crippen LogP contribution is -2.26. The zero-order valence-electron chi connectivity index (χ0n) is 12.9. The van der Waals surface area contributed by atoms with Crippen LogP contribution >= 0.6 is 35.0 Å². The normalized spacial score (nSPS) is 29.8. The average Bonchev–Trinajstić information content (AvgIpc) is 2.85. The van der Waals surface area contributed by atoms with Crippen molar-refractivity contribution in [1.29, 1.82) is 0 Å². The molecule has 1 spiro atoms. The lowest BCUT2D eigenvalue weighted by molar-refractivity contribution is 0.287. The molecule has 2 unspecified atom stereocenters. The molecule has 2 saturated carbocycles. The molecule has 0 amide bonds. The summed E-state index contributed by atoms with van der Waals surface area (Å²) in [7, 11) is 0. The second-order valence-electron chi connectivity index (χ2n) is 6.84. The molecule has 2 heterocycles. The van der Waals surface area contributed by atoms with Gasteiger partial charge in [-0.15, -0.1) is 0 Å². The Kier molecular flexibility index (Phi) is 3.25. The number of hydrogen-bond acceptors (Lipinski definition) is 5. The van der Waals surface area contributed by atoms with Crippen LogP contribution in [-0.4, -0.2) is 22.6 Å². The van der Waals surface area contributed by atoms with E-state index in [1.807, 2.05) is 18.3 Å². The predicted octanol–water partition coefficient (Wildman–Crippen LogP) is 4.51. The minimum atomic E-state index is 0.447. The maximum atomic E-state index is 6.24. The number of benzene rings is 1. The molecule has 124 valence electrons. The molecule has 1 saturated heterocycles. The van der Waals surface area contributed by atoms with Gasteiger partial charge in [0.2, 0.25) is 0 Å². The van der Waals surface area contributed by atoms with E-state index in [4.69, 9.17) is 28.9 Å². The van der Waals surface area contributed by atoms with Crippen molar-refractivity contribution in [1.82, 2.24) is 9.97 Å². The van der Waals surface area contributed by atoms with E-state index < -0.39 is 0 Å². The van der Waals surface area contributed by atoms with E-state index in [0.717, 1.165) is 23.2 Å². The molecule has 0 bridgehead atoms. The minimum Gasteiger partial charge on any atom is -0.381 e. The largest absolute Gasteiger partial charge is 0.381 e. The highest BCUT2D eigenvalue weighted by Gasteiger charge is 2.75. The number of nitrogens with two attached hydrogens (primary N) is 1. The van der Waals surface area contributed by atoms with Gasteiger partial charge in [0.15, 0.2) is 5.82 Å². The Hall–Kier alpha value is -1.17. The molecule has 3 aliphatic rings. The zero-order chi connectivity index (χ0) is 16.5. The van der Waals surface area contributed by atoms with Crippen molar-refractivity contribution in [2.45, 2.75) is 35.2 Å². The van der Waals surface area contributed by atoms with E-state index in [2.05, 4.69) is 14.9 Å². The van der Waals surface area contributed by atoms with Gasteiger partial charge >= 0.3 is 0 Å². The van der Waals surface area contributed by atoms with Crippen LogP contribution < -0.4 is 10.6 Å². The Morgan fingerprint density at radius 2 is 2.17 bits per heavy atom. The quantitative estimate of drug-likeness (QED) is 0.851.